The Bertz CT molecular complexity index is 880. The first-order chi connectivity index (χ1) is 12.1. The molecule has 5 nitrogen and oxygen atoms in total. The van der Waals surface area contributed by atoms with Gasteiger partial charge in [0, 0.05) is 31.4 Å². The molecule has 1 aromatic carbocycles. The number of nitrogens with zero attached hydrogens (tertiary/aromatic N) is 3. The Kier molecular flexibility index (Phi) is 4.09. The summed E-state index contributed by atoms with van der Waals surface area (Å²) in [7, 11) is 1.92. The molecule has 0 saturated carbocycles. The summed E-state index contributed by atoms with van der Waals surface area (Å²) in [6.07, 6.45) is 0. The van der Waals surface area contributed by atoms with Gasteiger partial charge in [0.25, 0.3) is 5.91 Å². The van der Waals surface area contributed by atoms with Gasteiger partial charge in [-0.1, -0.05) is 30.3 Å². The Morgan fingerprint density at radius 1 is 1.32 bits per heavy atom. The first-order valence-corrected chi connectivity index (χ1v) is 9.37. The Morgan fingerprint density at radius 3 is 2.76 bits per heavy atom. The number of likely N-dealkylation sites (tertiary alicyclic amines) is 1. The molecule has 1 fully saturated rings. The van der Waals surface area contributed by atoms with E-state index in [2.05, 4.69) is 29.4 Å². The maximum absolute atomic E-state index is 13.0. The van der Waals surface area contributed by atoms with Crippen molar-refractivity contribution in [1.29, 1.82) is 0 Å². The molecule has 1 saturated heterocycles. The van der Waals surface area contributed by atoms with Crippen LogP contribution in [-0.4, -0.2) is 40.2 Å². The summed E-state index contributed by atoms with van der Waals surface area (Å²) in [5, 5.41) is 5.48. The van der Waals surface area contributed by atoms with Gasteiger partial charge in [0.15, 0.2) is 0 Å². The lowest BCUT2D eigenvalue weighted by Crippen LogP contribution is -2.29. The zero-order chi connectivity index (χ0) is 17.6. The van der Waals surface area contributed by atoms with Crippen LogP contribution in [0.15, 0.2) is 36.4 Å². The minimum atomic E-state index is 0.109. The van der Waals surface area contributed by atoms with E-state index >= 15 is 0 Å². The summed E-state index contributed by atoms with van der Waals surface area (Å²) in [6, 6.07) is 12.4. The minimum Gasteiger partial charge on any atom is -0.337 e. The number of fused-ring (bicyclic) bond motifs is 1. The van der Waals surface area contributed by atoms with Crippen molar-refractivity contribution in [1.82, 2.24) is 14.7 Å². The zero-order valence-electron chi connectivity index (χ0n) is 14.5. The van der Waals surface area contributed by atoms with E-state index in [4.69, 9.17) is 5.73 Å². The molecule has 6 heteroatoms. The Labute approximate surface area is 151 Å². The zero-order valence-corrected chi connectivity index (χ0v) is 15.3. The van der Waals surface area contributed by atoms with E-state index in [1.807, 2.05) is 35.7 Å². The van der Waals surface area contributed by atoms with Gasteiger partial charge in [0.1, 0.15) is 4.83 Å². The number of rotatable bonds is 3. The van der Waals surface area contributed by atoms with Crippen molar-refractivity contribution in [2.75, 3.05) is 19.6 Å². The second-order valence-electron chi connectivity index (χ2n) is 6.76. The lowest BCUT2D eigenvalue weighted by molar-refractivity contribution is 0.0791. The molecule has 1 aliphatic heterocycles. The van der Waals surface area contributed by atoms with Crippen molar-refractivity contribution in [3.05, 3.63) is 52.5 Å². The molecule has 4 rings (SSSR count). The van der Waals surface area contributed by atoms with Crippen LogP contribution in [0.3, 0.4) is 0 Å². The van der Waals surface area contributed by atoms with Gasteiger partial charge >= 0.3 is 0 Å². The van der Waals surface area contributed by atoms with Crippen LogP contribution in [0.4, 0.5) is 0 Å². The molecule has 1 aliphatic rings. The van der Waals surface area contributed by atoms with Crippen LogP contribution in [0.25, 0.3) is 10.2 Å². The van der Waals surface area contributed by atoms with Crippen molar-refractivity contribution in [3.63, 3.8) is 0 Å². The first-order valence-electron chi connectivity index (χ1n) is 8.56. The largest absolute Gasteiger partial charge is 0.337 e. The lowest BCUT2D eigenvalue weighted by atomic mass is 9.89. The van der Waals surface area contributed by atoms with Crippen molar-refractivity contribution in [2.24, 2.45) is 18.7 Å². The van der Waals surface area contributed by atoms with E-state index in [1.165, 1.54) is 16.9 Å². The molecular formula is C19H22N4OS. The highest BCUT2D eigenvalue weighted by Gasteiger charge is 2.36. The fraction of sp³-hybridized carbons (Fsp3) is 0.368. The van der Waals surface area contributed by atoms with Gasteiger partial charge in [-0.3, -0.25) is 9.48 Å². The average Bonchev–Trinajstić information content (AvgIpc) is 3.31. The molecule has 0 spiro atoms. The number of aryl methyl sites for hydroxylation is 2. The standard InChI is InChI=1S/C19H22N4OS/c1-12-15-8-17(25-19(15)22(2)21-12)18(24)23-10-14(9-20)16(11-23)13-6-4-3-5-7-13/h3-8,14,16H,9-11,20H2,1-2H3/t14-,16+/m1/s1. The molecule has 2 N–H and O–H groups in total. The third-order valence-electron chi connectivity index (χ3n) is 5.17. The third kappa shape index (κ3) is 2.75. The van der Waals surface area contributed by atoms with Gasteiger partial charge in [-0.25, -0.2) is 0 Å². The van der Waals surface area contributed by atoms with Crippen molar-refractivity contribution < 1.29 is 4.79 Å². The molecule has 25 heavy (non-hydrogen) atoms. The van der Waals surface area contributed by atoms with E-state index in [1.54, 1.807) is 0 Å². The average molecular weight is 354 g/mol. The fourth-order valence-electron chi connectivity index (χ4n) is 3.82. The fourth-order valence-corrected chi connectivity index (χ4v) is 4.91. The number of amides is 1. The topological polar surface area (TPSA) is 64.2 Å². The Balaban J connectivity index is 1.60. The number of benzene rings is 1. The number of carbonyl (C=O) groups is 1. The molecule has 0 unspecified atom stereocenters. The van der Waals surface area contributed by atoms with Crippen molar-refractivity contribution in [3.8, 4) is 0 Å². The van der Waals surface area contributed by atoms with Gasteiger partial charge in [-0.2, -0.15) is 5.10 Å². The Morgan fingerprint density at radius 2 is 2.08 bits per heavy atom. The van der Waals surface area contributed by atoms with E-state index in [-0.39, 0.29) is 5.91 Å². The van der Waals surface area contributed by atoms with E-state index in [0.29, 0.717) is 18.4 Å². The van der Waals surface area contributed by atoms with Crippen LogP contribution in [0.5, 0.6) is 0 Å². The van der Waals surface area contributed by atoms with Crippen LogP contribution in [0, 0.1) is 12.8 Å². The van der Waals surface area contributed by atoms with Crippen LogP contribution in [0.1, 0.15) is 26.8 Å². The monoisotopic (exact) mass is 354 g/mol. The van der Waals surface area contributed by atoms with Gasteiger partial charge in [-0.15, -0.1) is 11.3 Å². The number of carbonyl (C=O) groups excluding carboxylic acids is 1. The van der Waals surface area contributed by atoms with Gasteiger partial charge < -0.3 is 10.6 Å². The van der Waals surface area contributed by atoms with Gasteiger partial charge in [0.05, 0.1) is 10.6 Å². The molecule has 3 aromatic rings. The van der Waals surface area contributed by atoms with Crippen LogP contribution in [-0.2, 0) is 7.05 Å². The van der Waals surface area contributed by atoms with Gasteiger partial charge in [-0.05, 0) is 31.0 Å². The highest BCUT2D eigenvalue weighted by molar-refractivity contribution is 7.20. The summed E-state index contributed by atoms with van der Waals surface area (Å²) in [4.78, 5) is 16.8. The van der Waals surface area contributed by atoms with Crippen LogP contribution < -0.4 is 5.73 Å². The molecule has 2 atom stereocenters. The van der Waals surface area contributed by atoms with Crippen molar-refractivity contribution >= 4 is 27.5 Å². The number of aromatic nitrogens is 2. The predicted molar refractivity (Wildman–Crippen MR) is 101 cm³/mol. The minimum absolute atomic E-state index is 0.109. The number of thiophene rings is 1. The second-order valence-corrected chi connectivity index (χ2v) is 7.79. The molecule has 130 valence electrons. The molecule has 0 aliphatic carbocycles. The molecule has 1 amide bonds. The predicted octanol–water partition coefficient (Wildman–Crippen LogP) is 2.76. The van der Waals surface area contributed by atoms with Crippen LogP contribution in [0.2, 0.25) is 0 Å². The second kappa shape index (κ2) is 6.28. The number of nitrogens with two attached hydrogens (primary N) is 1. The SMILES string of the molecule is Cc1nn(C)c2sc(C(=O)N3C[C@@H](CN)[C@H](c4ccccc4)C3)cc12. The van der Waals surface area contributed by atoms with E-state index in [0.717, 1.165) is 33.9 Å². The summed E-state index contributed by atoms with van der Waals surface area (Å²) in [5.41, 5.74) is 8.24. The normalized spacial score (nSPS) is 20.5. The summed E-state index contributed by atoms with van der Waals surface area (Å²) >= 11 is 1.52. The molecule has 2 aromatic heterocycles. The molecular weight excluding hydrogens is 332 g/mol. The smallest absolute Gasteiger partial charge is 0.264 e. The summed E-state index contributed by atoms with van der Waals surface area (Å²) < 4.78 is 1.85. The first kappa shape index (κ1) is 16.3. The van der Waals surface area contributed by atoms with Crippen molar-refractivity contribution in [2.45, 2.75) is 12.8 Å². The summed E-state index contributed by atoms with van der Waals surface area (Å²) in [6.45, 7) is 4.03. The van der Waals surface area contributed by atoms with E-state index in [9.17, 15) is 4.79 Å². The van der Waals surface area contributed by atoms with E-state index < -0.39 is 0 Å². The maximum atomic E-state index is 13.0. The Hall–Kier alpha value is -2.18. The quantitative estimate of drug-likeness (QED) is 0.787. The lowest BCUT2D eigenvalue weighted by Gasteiger charge is -2.16. The van der Waals surface area contributed by atoms with Gasteiger partial charge in [0.2, 0.25) is 0 Å². The third-order valence-corrected chi connectivity index (χ3v) is 6.36. The molecule has 0 bridgehead atoms. The summed E-state index contributed by atoms with van der Waals surface area (Å²) in [5.74, 6) is 0.731. The highest BCUT2D eigenvalue weighted by Crippen LogP contribution is 2.35. The number of hydrogen-bond donors (Lipinski definition) is 1. The maximum Gasteiger partial charge on any atom is 0.264 e. The molecule has 3 heterocycles. The highest BCUT2D eigenvalue weighted by atomic mass is 32.1. The number of hydrogen-bond acceptors (Lipinski definition) is 4. The molecule has 0 radical (unpaired) electrons. The van der Waals surface area contributed by atoms with Crippen LogP contribution >= 0.6 is 11.3 Å².